The summed E-state index contributed by atoms with van der Waals surface area (Å²) in [6, 6.07) is 3.97. The predicted molar refractivity (Wildman–Crippen MR) is 79.7 cm³/mol. The molecule has 1 heterocycles. The van der Waals surface area contributed by atoms with Crippen LogP contribution < -0.4 is 9.47 Å². The second-order valence-corrected chi connectivity index (χ2v) is 5.35. The molecule has 0 spiro atoms. The van der Waals surface area contributed by atoms with Crippen LogP contribution in [0.25, 0.3) is 0 Å². The topological polar surface area (TPSA) is 44.5 Å². The second kappa shape index (κ2) is 6.70. The molecule has 5 heteroatoms. The van der Waals surface area contributed by atoms with Gasteiger partial charge in [-0.05, 0) is 24.6 Å². The summed E-state index contributed by atoms with van der Waals surface area (Å²) in [7, 11) is 3.28. The Morgan fingerprint density at radius 1 is 1.20 bits per heavy atom. The molecular formula is C15H19NO3S. The zero-order valence-corrected chi connectivity index (χ0v) is 13.0. The lowest BCUT2D eigenvalue weighted by Gasteiger charge is -2.11. The van der Waals surface area contributed by atoms with Gasteiger partial charge in [-0.1, -0.05) is 6.92 Å². The van der Waals surface area contributed by atoms with E-state index in [2.05, 4.69) is 18.8 Å². The molecule has 0 radical (unpaired) electrons. The Hall–Kier alpha value is -1.62. The van der Waals surface area contributed by atoms with E-state index in [1.54, 1.807) is 32.2 Å². The molecule has 20 heavy (non-hydrogen) atoms. The highest BCUT2D eigenvalue weighted by molar-refractivity contribution is 7.98. The Bertz CT molecular complexity index is 580. The number of aryl methyl sites for hydroxylation is 2. The van der Waals surface area contributed by atoms with E-state index in [0.717, 1.165) is 40.0 Å². The number of methoxy groups -OCH3 is 2. The van der Waals surface area contributed by atoms with Crippen LogP contribution in [0.3, 0.4) is 0 Å². The van der Waals surface area contributed by atoms with E-state index in [9.17, 15) is 0 Å². The molecule has 0 saturated carbocycles. The van der Waals surface area contributed by atoms with Gasteiger partial charge in [-0.15, -0.1) is 11.8 Å². The summed E-state index contributed by atoms with van der Waals surface area (Å²) >= 11 is 1.68. The maximum absolute atomic E-state index is 5.61. The number of thioether (sulfide) groups is 1. The van der Waals surface area contributed by atoms with Gasteiger partial charge in [0.15, 0.2) is 11.5 Å². The smallest absolute Gasteiger partial charge is 0.204 e. The van der Waals surface area contributed by atoms with Crippen molar-refractivity contribution in [1.82, 2.24) is 4.98 Å². The lowest BCUT2D eigenvalue weighted by atomic mass is 10.2. The van der Waals surface area contributed by atoms with E-state index in [1.807, 2.05) is 12.1 Å². The normalized spacial score (nSPS) is 10.6. The van der Waals surface area contributed by atoms with E-state index < -0.39 is 0 Å². The van der Waals surface area contributed by atoms with Crippen molar-refractivity contribution in [3.8, 4) is 11.5 Å². The van der Waals surface area contributed by atoms with Gasteiger partial charge in [0.25, 0.3) is 0 Å². The molecule has 0 N–H and O–H groups in total. The molecule has 0 saturated heterocycles. The first-order valence-electron chi connectivity index (χ1n) is 6.47. The fourth-order valence-electron chi connectivity index (χ4n) is 1.84. The Balaban J connectivity index is 2.12. The van der Waals surface area contributed by atoms with Gasteiger partial charge in [0.1, 0.15) is 5.76 Å². The quantitative estimate of drug-likeness (QED) is 0.757. The average Bonchev–Trinajstić information content (AvgIpc) is 2.93. The molecule has 0 atom stereocenters. The van der Waals surface area contributed by atoms with Crippen molar-refractivity contribution < 1.29 is 13.9 Å². The number of aromatic nitrogens is 1. The molecule has 0 amide bonds. The Morgan fingerprint density at radius 3 is 2.50 bits per heavy atom. The molecule has 0 aliphatic carbocycles. The molecule has 0 unspecified atom stereocenters. The number of benzene rings is 1. The predicted octanol–water partition coefficient (Wildman–Crippen LogP) is 3.85. The van der Waals surface area contributed by atoms with E-state index in [0.29, 0.717) is 5.75 Å². The maximum atomic E-state index is 5.61. The van der Waals surface area contributed by atoms with E-state index in [4.69, 9.17) is 13.9 Å². The maximum Gasteiger partial charge on any atom is 0.204 e. The summed E-state index contributed by atoms with van der Waals surface area (Å²) in [6.45, 7) is 4.10. The van der Waals surface area contributed by atoms with Crippen LogP contribution >= 0.6 is 11.8 Å². The first-order chi connectivity index (χ1) is 9.67. The van der Waals surface area contributed by atoms with Crippen LogP contribution in [0.1, 0.15) is 24.1 Å². The van der Waals surface area contributed by atoms with Gasteiger partial charge < -0.3 is 13.9 Å². The van der Waals surface area contributed by atoms with Gasteiger partial charge in [0, 0.05) is 11.3 Å². The summed E-state index contributed by atoms with van der Waals surface area (Å²) in [5.74, 6) is 3.86. The first kappa shape index (κ1) is 14.8. The van der Waals surface area contributed by atoms with Crippen LogP contribution in [-0.4, -0.2) is 19.2 Å². The number of ether oxygens (including phenoxy) is 2. The summed E-state index contributed by atoms with van der Waals surface area (Å²) in [4.78, 5) is 5.40. The molecule has 0 aliphatic rings. The molecule has 0 aliphatic heterocycles. The van der Waals surface area contributed by atoms with E-state index in [-0.39, 0.29) is 0 Å². The minimum absolute atomic E-state index is 0.705. The lowest BCUT2D eigenvalue weighted by Crippen LogP contribution is -1.93. The zero-order valence-electron chi connectivity index (χ0n) is 12.2. The minimum atomic E-state index is 0.705. The van der Waals surface area contributed by atoms with Crippen LogP contribution in [0.15, 0.2) is 27.6 Å². The molecule has 0 fully saturated rings. The number of hydrogen-bond donors (Lipinski definition) is 0. The van der Waals surface area contributed by atoms with Crippen molar-refractivity contribution >= 4 is 11.8 Å². The SMILES string of the molecule is CCc1cnc(CSc2cc(OC)c(OC)cc2C)o1. The average molecular weight is 293 g/mol. The largest absolute Gasteiger partial charge is 0.493 e. The van der Waals surface area contributed by atoms with Crippen molar-refractivity contribution in [3.63, 3.8) is 0 Å². The monoisotopic (exact) mass is 293 g/mol. The van der Waals surface area contributed by atoms with Gasteiger partial charge in [0.2, 0.25) is 5.89 Å². The zero-order chi connectivity index (χ0) is 14.5. The van der Waals surface area contributed by atoms with Crippen molar-refractivity contribution in [2.45, 2.75) is 30.9 Å². The molecular weight excluding hydrogens is 274 g/mol. The number of rotatable bonds is 6. The molecule has 1 aromatic carbocycles. The molecule has 108 valence electrons. The van der Waals surface area contributed by atoms with Crippen LogP contribution in [0.4, 0.5) is 0 Å². The third kappa shape index (κ3) is 3.28. The van der Waals surface area contributed by atoms with E-state index >= 15 is 0 Å². The summed E-state index contributed by atoms with van der Waals surface area (Å²) < 4.78 is 16.2. The highest BCUT2D eigenvalue weighted by Gasteiger charge is 2.10. The van der Waals surface area contributed by atoms with Crippen LogP contribution in [0.2, 0.25) is 0 Å². The van der Waals surface area contributed by atoms with Crippen molar-refractivity contribution in [1.29, 1.82) is 0 Å². The van der Waals surface area contributed by atoms with Gasteiger partial charge >= 0.3 is 0 Å². The standard InChI is InChI=1S/C15H19NO3S/c1-5-11-8-16-15(19-11)9-20-14-7-13(18-4)12(17-3)6-10(14)2/h6-8H,5,9H2,1-4H3. The Kier molecular flexibility index (Phi) is 4.95. The van der Waals surface area contributed by atoms with Gasteiger partial charge in [-0.3, -0.25) is 0 Å². The van der Waals surface area contributed by atoms with E-state index in [1.165, 1.54) is 0 Å². The summed E-state index contributed by atoms with van der Waals surface area (Å²) in [5, 5.41) is 0. The van der Waals surface area contributed by atoms with Crippen LogP contribution in [-0.2, 0) is 12.2 Å². The highest BCUT2D eigenvalue weighted by Crippen LogP contribution is 2.36. The first-order valence-corrected chi connectivity index (χ1v) is 7.45. The summed E-state index contributed by atoms with van der Waals surface area (Å²) in [5.41, 5.74) is 1.15. The molecule has 0 bridgehead atoms. The van der Waals surface area contributed by atoms with Crippen molar-refractivity contribution in [2.75, 3.05) is 14.2 Å². The van der Waals surface area contributed by atoms with Crippen molar-refractivity contribution in [2.24, 2.45) is 0 Å². The molecule has 2 rings (SSSR count). The fraction of sp³-hybridized carbons (Fsp3) is 0.400. The van der Waals surface area contributed by atoms with Gasteiger partial charge in [-0.25, -0.2) is 4.98 Å². The van der Waals surface area contributed by atoms with Gasteiger partial charge in [0.05, 0.1) is 26.2 Å². The molecule has 2 aromatic rings. The second-order valence-electron chi connectivity index (χ2n) is 4.34. The van der Waals surface area contributed by atoms with Gasteiger partial charge in [-0.2, -0.15) is 0 Å². The Labute approximate surface area is 123 Å². The third-order valence-corrected chi connectivity index (χ3v) is 4.12. The van der Waals surface area contributed by atoms with Crippen molar-refractivity contribution in [3.05, 3.63) is 35.5 Å². The lowest BCUT2D eigenvalue weighted by molar-refractivity contribution is 0.353. The molecule has 1 aromatic heterocycles. The number of hydrogen-bond acceptors (Lipinski definition) is 5. The third-order valence-electron chi connectivity index (χ3n) is 2.98. The summed E-state index contributed by atoms with van der Waals surface area (Å²) in [6.07, 6.45) is 2.66. The highest BCUT2D eigenvalue weighted by atomic mass is 32.2. The fourth-order valence-corrected chi connectivity index (χ4v) is 2.72. The number of oxazole rings is 1. The van der Waals surface area contributed by atoms with Crippen LogP contribution in [0, 0.1) is 6.92 Å². The molecule has 4 nitrogen and oxygen atoms in total. The number of nitrogens with zero attached hydrogens (tertiary/aromatic N) is 1. The Morgan fingerprint density at radius 2 is 1.90 bits per heavy atom. The minimum Gasteiger partial charge on any atom is -0.493 e. The van der Waals surface area contributed by atoms with Crippen LogP contribution in [0.5, 0.6) is 11.5 Å².